The minimum Gasteiger partial charge on any atom is -0.492 e. The Hall–Kier alpha value is -2.09. The Labute approximate surface area is 183 Å². The molecular formula is C22H27ClN2O4S. The molecule has 1 N–H and O–H groups in total. The maximum Gasteiger partial charge on any atom is 0.243 e. The second-order valence-electron chi connectivity index (χ2n) is 7.57. The predicted molar refractivity (Wildman–Crippen MR) is 117 cm³/mol. The number of piperidine rings is 1. The number of carbonyl (C=O) groups excluding carboxylic acids is 1. The van der Waals surface area contributed by atoms with Crippen LogP contribution in [0.5, 0.6) is 5.75 Å². The Bertz CT molecular complexity index is 993. The fraction of sp³-hybridized carbons (Fsp3) is 0.409. The van der Waals surface area contributed by atoms with Crippen LogP contribution in [0.25, 0.3) is 0 Å². The van der Waals surface area contributed by atoms with Crippen LogP contribution in [0, 0.1) is 19.8 Å². The summed E-state index contributed by atoms with van der Waals surface area (Å²) in [4.78, 5) is 12.8. The molecule has 162 valence electrons. The number of amides is 1. The lowest BCUT2D eigenvalue weighted by Crippen LogP contribution is -2.45. The molecule has 1 saturated heterocycles. The van der Waals surface area contributed by atoms with Crippen molar-refractivity contribution in [1.82, 2.24) is 9.62 Å². The summed E-state index contributed by atoms with van der Waals surface area (Å²) in [5.74, 6) is 0.130. The summed E-state index contributed by atoms with van der Waals surface area (Å²) >= 11 is 6.08. The zero-order valence-electron chi connectivity index (χ0n) is 17.2. The van der Waals surface area contributed by atoms with Gasteiger partial charge in [0.1, 0.15) is 12.4 Å². The molecule has 1 unspecified atom stereocenters. The van der Waals surface area contributed by atoms with E-state index in [0.29, 0.717) is 43.3 Å². The minimum atomic E-state index is -3.60. The SMILES string of the molecule is Cc1ccc(S(=O)(=O)N2CCCC(C(=O)NCCOc3ccc(C)c(Cl)c3)C2)cc1. The van der Waals surface area contributed by atoms with Gasteiger partial charge in [-0.05, 0) is 56.5 Å². The van der Waals surface area contributed by atoms with E-state index in [4.69, 9.17) is 16.3 Å². The first-order valence-corrected chi connectivity index (χ1v) is 11.8. The lowest BCUT2D eigenvalue weighted by molar-refractivity contribution is -0.126. The van der Waals surface area contributed by atoms with E-state index in [-0.39, 0.29) is 23.3 Å². The van der Waals surface area contributed by atoms with Gasteiger partial charge in [-0.25, -0.2) is 8.42 Å². The van der Waals surface area contributed by atoms with Crippen molar-refractivity contribution in [3.63, 3.8) is 0 Å². The van der Waals surface area contributed by atoms with Crippen LogP contribution in [-0.4, -0.2) is 44.9 Å². The molecule has 2 aromatic rings. The number of hydrogen-bond acceptors (Lipinski definition) is 4. The molecule has 1 atom stereocenters. The molecule has 1 aliphatic heterocycles. The number of nitrogens with one attached hydrogen (secondary N) is 1. The number of sulfonamides is 1. The Morgan fingerprint density at radius 2 is 1.93 bits per heavy atom. The minimum absolute atomic E-state index is 0.149. The highest BCUT2D eigenvalue weighted by Crippen LogP contribution is 2.24. The summed E-state index contributed by atoms with van der Waals surface area (Å²) < 4.78 is 32.8. The zero-order chi connectivity index (χ0) is 21.7. The summed E-state index contributed by atoms with van der Waals surface area (Å²) in [7, 11) is -3.60. The van der Waals surface area contributed by atoms with Crippen LogP contribution < -0.4 is 10.1 Å². The number of nitrogens with zero attached hydrogens (tertiary/aromatic N) is 1. The highest BCUT2D eigenvalue weighted by atomic mass is 35.5. The highest BCUT2D eigenvalue weighted by Gasteiger charge is 2.33. The Kier molecular flexibility index (Phi) is 7.39. The second-order valence-corrected chi connectivity index (χ2v) is 9.91. The van der Waals surface area contributed by atoms with E-state index in [1.165, 1.54) is 4.31 Å². The molecule has 0 aromatic heterocycles. The van der Waals surface area contributed by atoms with Crippen molar-refractivity contribution in [2.24, 2.45) is 5.92 Å². The number of benzene rings is 2. The summed E-state index contributed by atoms with van der Waals surface area (Å²) in [6.45, 7) is 5.09. The molecule has 1 fully saturated rings. The van der Waals surface area contributed by atoms with Crippen molar-refractivity contribution in [1.29, 1.82) is 0 Å². The van der Waals surface area contributed by atoms with Gasteiger partial charge in [0.2, 0.25) is 15.9 Å². The molecule has 1 heterocycles. The fourth-order valence-electron chi connectivity index (χ4n) is 3.38. The molecule has 2 aromatic carbocycles. The van der Waals surface area contributed by atoms with Crippen LogP contribution in [0.2, 0.25) is 5.02 Å². The lowest BCUT2D eigenvalue weighted by atomic mass is 9.99. The summed E-state index contributed by atoms with van der Waals surface area (Å²) in [6.07, 6.45) is 1.32. The van der Waals surface area contributed by atoms with E-state index in [0.717, 1.165) is 11.1 Å². The third-order valence-electron chi connectivity index (χ3n) is 5.23. The number of ether oxygens (including phenoxy) is 1. The third-order valence-corrected chi connectivity index (χ3v) is 7.51. The van der Waals surface area contributed by atoms with Crippen LogP contribution >= 0.6 is 11.6 Å². The van der Waals surface area contributed by atoms with Gasteiger partial charge in [0.15, 0.2) is 0 Å². The van der Waals surface area contributed by atoms with Gasteiger partial charge in [-0.15, -0.1) is 0 Å². The highest BCUT2D eigenvalue weighted by molar-refractivity contribution is 7.89. The number of carbonyl (C=O) groups is 1. The Morgan fingerprint density at radius 1 is 1.20 bits per heavy atom. The fourth-order valence-corrected chi connectivity index (χ4v) is 5.08. The van der Waals surface area contributed by atoms with Crippen molar-refractivity contribution in [2.75, 3.05) is 26.2 Å². The van der Waals surface area contributed by atoms with Gasteiger partial charge in [-0.2, -0.15) is 4.31 Å². The summed E-state index contributed by atoms with van der Waals surface area (Å²) in [5, 5.41) is 3.48. The van der Waals surface area contributed by atoms with E-state index in [1.54, 1.807) is 30.3 Å². The summed E-state index contributed by atoms with van der Waals surface area (Å²) in [6, 6.07) is 12.2. The zero-order valence-corrected chi connectivity index (χ0v) is 18.8. The van der Waals surface area contributed by atoms with Crippen LogP contribution in [0.15, 0.2) is 47.4 Å². The van der Waals surface area contributed by atoms with Gasteiger partial charge in [-0.3, -0.25) is 4.79 Å². The molecule has 0 aliphatic carbocycles. The van der Waals surface area contributed by atoms with E-state index in [1.807, 2.05) is 26.0 Å². The van der Waals surface area contributed by atoms with E-state index in [9.17, 15) is 13.2 Å². The molecule has 0 bridgehead atoms. The van der Waals surface area contributed by atoms with Gasteiger partial charge in [-0.1, -0.05) is 35.4 Å². The van der Waals surface area contributed by atoms with E-state index >= 15 is 0 Å². The molecule has 6 nitrogen and oxygen atoms in total. The number of hydrogen-bond donors (Lipinski definition) is 1. The van der Waals surface area contributed by atoms with Crippen molar-refractivity contribution in [2.45, 2.75) is 31.6 Å². The first-order chi connectivity index (χ1) is 14.3. The molecule has 1 amide bonds. The maximum absolute atomic E-state index is 12.9. The van der Waals surface area contributed by atoms with Gasteiger partial charge in [0.25, 0.3) is 0 Å². The third kappa shape index (κ3) is 5.53. The number of aryl methyl sites for hydroxylation is 2. The van der Waals surface area contributed by atoms with Gasteiger partial charge in [0.05, 0.1) is 17.4 Å². The van der Waals surface area contributed by atoms with E-state index in [2.05, 4.69) is 5.32 Å². The van der Waals surface area contributed by atoms with Crippen molar-refractivity contribution in [3.8, 4) is 5.75 Å². The van der Waals surface area contributed by atoms with Gasteiger partial charge >= 0.3 is 0 Å². The van der Waals surface area contributed by atoms with Crippen LogP contribution in [-0.2, 0) is 14.8 Å². The topological polar surface area (TPSA) is 75.7 Å². The Balaban J connectivity index is 1.51. The second kappa shape index (κ2) is 9.81. The molecule has 0 radical (unpaired) electrons. The molecule has 1 aliphatic rings. The first kappa shape index (κ1) is 22.6. The van der Waals surface area contributed by atoms with Gasteiger partial charge < -0.3 is 10.1 Å². The maximum atomic E-state index is 12.9. The smallest absolute Gasteiger partial charge is 0.243 e. The van der Waals surface area contributed by atoms with Crippen LogP contribution in [0.4, 0.5) is 0 Å². The van der Waals surface area contributed by atoms with E-state index < -0.39 is 10.0 Å². The monoisotopic (exact) mass is 450 g/mol. The average molecular weight is 451 g/mol. The molecular weight excluding hydrogens is 424 g/mol. The molecule has 8 heteroatoms. The standard InChI is InChI=1S/C22H27ClN2O4S/c1-16-5-9-20(10-6-16)30(27,28)25-12-3-4-18(15-25)22(26)24-11-13-29-19-8-7-17(2)21(23)14-19/h5-10,14,18H,3-4,11-13,15H2,1-2H3,(H,24,26). The molecule has 30 heavy (non-hydrogen) atoms. The molecule has 0 saturated carbocycles. The average Bonchev–Trinajstić information content (AvgIpc) is 2.74. The summed E-state index contributed by atoms with van der Waals surface area (Å²) in [5.41, 5.74) is 1.97. The normalized spacial score (nSPS) is 17.5. The van der Waals surface area contributed by atoms with Crippen LogP contribution in [0.3, 0.4) is 0 Å². The van der Waals surface area contributed by atoms with Crippen LogP contribution in [0.1, 0.15) is 24.0 Å². The van der Waals surface area contributed by atoms with Crippen molar-refractivity contribution in [3.05, 3.63) is 58.6 Å². The Morgan fingerprint density at radius 3 is 2.63 bits per heavy atom. The number of halogens is 1. The van der Waals surface area contributed by atoms with Crippen molar-refractivity contribution < 1.29 is 17.9 Å². The van der Waals surface area contributed by atoms with Crippen molar-refractivity contribution >= 4 is 27.5 Å². The molecule has 3 rings (SSSR count). The quantitative estimate of drug-likeness (QED) is 0.654. The van der Waals surface area contributed by atoms with Gasteiger partial charge in [0, 0.05) is 18.1 Å². The largest absolute Gasteiger partial charge is 0.492 e. The number of rotatable bonds is 7. The first-order valence-electron chi connectivity index (χ1n) is 10.0. The molecule has 0 spiro atoms. The predicted octanol–water partition coefficient (Wildman–Crippen LogP) is 3.55. The lowest BCUT2D eigenvalue weighted by Gasteiger charge is -2.31.